The molecule has 2 rings (SSSR count). The molecule has 1 aliphatic carbocycles. The number of unbranched alkanes of at least 4 members (excludes halogenated alkanes) is 1. The maximum atomic E-state index is 11.5. The SMILES string of the molecule is CCCCOC(=O)NC1=Cc2ccccc2CC1. The summed E-state index contributed by atoms with van der Waals surface area (Å²) in [6.45, 7) is 2.56. The summed E-state index contributed by atoms with van der Waals surface area (Å²) in [4.78, 5) is 11.5. The Balaban J connectivity index is 1.91. The zero-order chi connectivity index (χ0) is 12.8. The molecule has 0 atom stereocenters. The van der Waals surface area contributed by atoms with Crippen LogP contribution in [-0.4, -0.2) is 12.7 Å². The van der Waals surface area contributed by atoms with Crippen molar-refractivity contribution >= 4 is 12.2 Å². The van der Waals surface area contributed by atoms with Crippen LogP contribution in [0.5, 0.6) is 0 Å². The van der Waals surface area contributed by atoms with Crippen molar-refractivity contribution in [2.45, 2.75) is 32.6 Å². The Hall–Kier alpha value is -1.77. The number of rotatable bonds is 4. The standard InChI is InChI=1S/C15H19NO2/c1-2-3-10-18-15(17)16-14-9-8-12-6-4-5-7-13(12)11-14/h4-7,11H,2-3,8-10H2,1H3,(H,16,17). The van der Waals surface area contributed by atoms with E-state index in [2.05, 4.69) is 24.4 Å². The molecule has 1 aromatic carbocycles. The van der Waals surface area contributed by atoms with Gasteiger partial charge in [0.1, 0.15) is 0 Å². The van der Waals surface area contributed by atoms with Gasteiger partial charge in [-0.25, -0.2) is 4.79 Å². The second-order valence-electron chi connectivity index (χ2n) is 4.48. The van der Waals surface area contributed by atoms with Gasteiger partial charge in [-0.15, -0.1) is 0 Å². The predicted molar refractivity (Wildman–Crippen MR) is 72.1 cm³/mol. The number of hydrogen-bond acceptors (Lipinski definition) is 2. The molecule has 1 N–H and O–H groups in total. The Kier molecular flexibility index (Phi) is 4.40. The van der Waals surface area contributed by atoms with Crippen LogP contribution in [-0.2, 0) is 11.2 Å². The van der Waals surface area contributed by atoms with E-state index in [9.17, 15) is 4.79 Å². The molecule has 1 aliphatic rings. The normalized spacial score (nSPS) is 13.5. The van der Waals surface area contributed by atoms with Crippen molar-refractivity contribution in [3.8, 4) is 0 Å². The van der Waals surface area contributed by atoms with E-state index in [-0.39, 0.29) is 6.09 Å². The summed E-state index contributed by atoms with van der Waals surface area (Å²) in [5.74, 6) is 0. The van der Waals surface area contributed by atoms with Crippen molar-refractivity contribution in [1.29, 1.82) is 0 Å². The highest BCUT2D eigenvalue weighted by molar-refractivity contribution is 5.72. The fraction of sp³-hybridized carbons (Fsp3) is 0.400. The average Bonchev–Trinajstić information content (AvgIpc) is 2.39. The molecule has 3 heteroatoms. The molecule has 0 heterocycles. The molecule has 18 heavy (non-hydrogen) atoms. The molecule has 0 saturated heterocycles. The summed E-state index contributed by atoms with van der Waals surface area (Å²) in [7, 11) is 0. The van der Waals surface area contributed by atoms with Crippen LogP contribution >= 0.6 is 0 Å². The van der Waals surface area contributed by atoms with Crippen LogP contribution < -0.4 is 5.32 Å². The molecule has 1 amide bonds. The first-order valence-corrected chi connectivity index (χ1v) is 6.52. The molecule has 96 valence electrons. The van der Waals surface area contributed by atoms with Crippen molar-refractivity contribution in [2.75, 3.05) is 6.61 Å². The van der Waals surface area contributed by atoms with Crippen molar-refractivity contribution in [3.05, 3.63) is 41.1 Å². The molecule has 3 nitrogen and oxygen atoms in total. The molecular formula is C15H19NO2. The number of hydrogen-bond donors (Lipinski definition) is 1. The number of carbonyl (C=O) groups is 1. The first kappa shape index (κ1) is 12.7. The zero-order valence-electron chi connectivity index (χ0n) is 10.7. The lowest BCUT2D eigenvalue weighted by Crippen LogP contribution is -2.25. The number of aryl methyl sites for hydroxylation is 1. The third kappa shape index (κ3) is 3.36. The van der Waals surface area contributed by atoms with E-state index in [1.54, 1.807) is 0 Å². The summed E-state index contributed by atoms with van der Waals surface area (Å²) in [6.07, 6.45) is 5.46. The number of nitrogens with one attached hydrogen (secondary N) is 1. The van der Waals surface area contributed by atoms with Gasteiger partial charge in [-0.2, -0.15) is 0 Å². The lowest BCUT2D eigenvalue weighted by Gasteiger charge is -2.17. The Morgan fingerprint density at radius 1 is 1.33 bits per heavy atom. The summed E-state index contributed by atoms with van der Waals surface area (Å²) in [5, 5.41) is 2.82. The van der Waals surface area contributed by atoms with Gasteiger partial charge in [0, 0.05) is 5.70 Å². The van der Waals surface area contributed by atoms with Crippen LogP contribution in [0.4, 0.5) is 4.79 Å². The molecule has 0 aliphatic heterocycles. The Bertz CT molecular complexity index is 452. The minimum Gasteiger partial charge on any atom is -0.449 e. The monoisotopic (exact) mass is 245 g/mol. The molecule has 0 bridgehead atoms. The Labute approximate surface area is 108 Å². The number of fused-ring (bicyclic) bond motifs is 1. The molecule has 0 fully saturated rings. The number of ether oxygens (including phenoxy) is 1. The minimum absolute atomic E-state index is 0.339. The lowest BCUT2D eigenvalue weighted by atomic mass is 9.95. The van der Waals surface area contributed by atoms with Gasteiger partial charge in [-0.1, -0.05) is 37.6 Å². The zero-order valence-corrected chi connectivity index (χ0v) is 10.7. The van der Waals surface area contributed by atoms with Crippen molar-refractivity contribution < 1.29 is 9.53 Å². The quantitative estimate of drug-likeness (QED) is 0.824. The summed E-state index contributed by atoms with van der Waals surface area (Å²) >= 11 is 0. The van der Waals surface area contributed by atoms with Gasteiger partial charge < -0.3 is 4.74 Å². The topological polar surface area (TPSA) is 38.3 Å². The molecule has 1 aromatic rings. The maximum Gasteiger partial charge on any atom is 0.411 e. The summed E-state index contributed by atoms with van der Waals surface area (Å²) < 4.78 is 5.08. The average molecular weight is 245 g/mol. The van der Waals surface area contributed by atoms with Crippen LogP contribution in [0.3, 0.4) is 0 Å². The number of benzene rings is 1. The third-order valence-corrected chi connectivity index (χ3v) is 3.04. The molecule has 0 aromatic heterocycles. The molecule has 0 unspecified atom stereocenters. The smallest absolute Gasteiger partial charge is 0.411 e. The van der Waals surface area contributed by atoms with Gasteiger partial charge in [0.05, 0.1) is 6.61 Å². The van der Waals surface area contributed by atoms with Crippen LogP contribution in [0, 0.1) is 0 Å². The Morgan fingerprint density at radius 2 is 2.17 bits per heavy atom. The largest absolute Gasteiger partial charge is 0.449 e. The van der Waals surface area contributed by atoms with Crippen LogP contribution in [0.25, 0.3) is 6.08 Å². The molecule has 0 radical (unpaired) electrons. The van der Waals surface area contributed by atoms with Crippen molar-refractivity contribution in [1.82, 2.24) is 5.32 Å². The van der Waals surface area contributed by atoms with E-state index >= 15 is 0 Å². The number of amides is 1. The summed E-state index contributed by atoms with van der Waals surface area (Å²) in [6, 6.07) is 8.25. The predicted octanol–water partition coefficient (Wildman–Crippen LogP) is 3.50. The number of alkyl carbamates (subject to hydrolysis) is 1. The van der Waals surface area contributed by atoms with Gasteiger partial charge in [0.25, 0.3) is 0 Å². The second kappa shape index (κ2) is 6.24. The number of carbonyl (C=O) groups excluding carboxylic acids is 1. The lowest BCUT2D eigenvalue weighted by molar-refractivity contribution is 0.147. The molecule has 0 saturated carbocycles. The van der Waals surface area contributed by atoms with Gasteiger partial charge >= 0.3 is 6.09 Å². The molecule has 0 spiro atoms. The highest BCUT2D eigenvalue weighted by Gasteiger charge is 2.12. The third-order valence-electron chi connectivity index (χ3n) is 3.04. The van der Waals surface area contributed by atoms with E-state index in [0.717, 1.165) is 31.4 Å². The fourth-order valence-electron chi connectivity index (χ4n) is 2.01. The van der Waals surface area contributed by atoms with E-state index in [0.29, 0.717) is 6.61 Å². The van der Waals surface area contributed by atoms with Crippen molar-refractivity contribution in [2.24, 2.45) is 0 Å². The fourth-order valence-corrected chi connectivity index (χ4v) is 2.01. The van der Waals surface area contributed by atoms with Gasteiger partial charge in [0.15, 0.2) is 0 Å². The van der Waals surface area contributed by atoms with Crippen LogP contribution in [0.1, 0.15) is 37.3 Å². The maximum absolute atomic E-state index is 11.5. The second-order valence-corrected chi connectivity index (χ2v) is 4.48. The first-order chi connectivity index (χ1) is 8.79. The van der Waals surface area contributed by atoms with E-state index in [1.807, 2.05) is 18.2 Å². The van der Waals surface area contributed by atoms with E-state index in [1.165, 1.54) is 11.1 Å². The highest BCUT2D eigenvalue weighted by Crippen LogP contribution is 2.22. The van der Waals surface area contributed by atoms with Crippen LogP contribution in [0.2, 0.25) is 0 Å². The van der Waals surface area contributed by atoms with Gasteiger partial charge in [-0.05, 0) is 36.5 Å². The van der Waals surface area contributed by atoms with Gasteiger partial charge in [0.2, 0.25) is 0 Å². The highest BCUT2D eigenvalue weighted by atomic mass is 16.5. The van der Waals surface area contributed by atoms with Crippen LogP contribution in [0.15, 0.2) is 30.0 Å². The minimum atomic E-state index is -0.339. The Morgan fingerprint density at radius 3 is 3.00 bits per heavy atom. The van der Waals surface area contributed by atoms with E-state index < -0.39 is 0 Å². The van der Waals surface area contributed by atoms with Crippen molar-refractivity contribution in [3.63, 3.8) is 0 Å². The first-order valence-electron chi connectivity index (χ1n) is 6.52. The molecular weight excluding hydrogens is 226 g/mol. The number of allylic oxidation sites excluding steroid dienone is 1. The summed E-state index contributed by atoms with van der Waals surface area (Å²) in [5.41, 5.74) is 3.46. The van der Waals surface area contributed by atoms with Gasteiger partial charge in [-0.3, -0.25) is 5.32 Å². The van der Waals surface area contributed by atoms with E-state index in [4.69, 9.17) is 4.74 Å².